The Morgan fingerprint density at radius 2 is 2.21 bits per heavy atom. The summed E-state index contributed by atoms with van der Waals surface area (Å²) in [6.45, 7) is 0.659. The number of nitrogens with two attached hydrogens (primary N) is 1. The van der Waals surface area contributed by atoms with Crippen molar-refractivity contribution in [2.45, 2.75) is 25.3 Å². The van der Waals surface area contributed by atoms with Crippen molar-refractivity contribution in [2.24, 2.45) is 5.73 Å². The van der Waals surface area contributed by atoms with Crippen molar-refractivity contribution < 1.29 is 9.90 Å². The van der Waals surface area contributed by atoms with Gasteiger partial charge >= 0.3 is 5.97 Å². The molecule has 0 unspecified atom stereocenters. The largest absolute Gasteiger partial charge is 0.480 e. The maximum Gasteiger partial charge on any atom is 0.320 e. The third-order valence-corrected chi connectivity index (χ3v) is 1.81. The molecule has 0 rings (SSSR count). The van der Waals surface area contributed by atoms with Gasteiger partial charge in [0.1, 0.15) is 6.04 Å². The van der Waals surface area contributed by atoms with E-state index in [1.54, 1.807) is 7.05 Å². The Kier molecular flexibility index (Phi) is 6.47. The fourth-order valence-corrected chi connectivity index (χ4v) is 0.915. The van der Waals surface area contributed by atoms with E-state index in [0.717, 1.165) is 12.8 Å². The monoisotopic (exact) mass is 202 g/mol. The molecule has 1 atom stereocenters. The van der Waals surface area contributed by atoms with Gasteiger partial charge in [0.25, 0.3) is 0 Å². The van der Waals surface area contributed by atoms with Crippen LogP contribution in [0.3, 0.4) is 0 Å². The van der Waals surface area contributed by atoms with Crippen LogP contribution in [0.1, 0.15) is 19.3 Å². The van der Waals surface area contributed by atoms with Gasteiger partial charge in [0, 0.05) is 13.6 Å². The quantitative estimate of drug-likeness (QED) is 0.222. The zero-order valence-electron chi connectivity index (χ0n) is 8.34. The molecule has 0 aliphatic rings. The number of carbonyl (C=O) groups is 1. The molecule has 0 bridgehead atoms. The highest BCUT2D eigenvalue weighted by atomic mass is 16.4. The van der Waals surface area contributed by atoms with Crippen molar-refractivity contribution in [2.75, 3.05) is 13.6 Å². The van der Waals surface area contributed by atoms with E-state index in [2.05, 4.69) is 10.6 Å². The normalized spacial score (nSPS) is 11.9. The Hall–Kier alpha value is -1.30. The van der Waals surface area contributed by atoms with Crippen molar-refractivity contribution in [3.63, 3.8) is 0 Å². The summed E-state index contributed by atoms with van der Waals surface area (Å²) in [5.74, 6) is -0.687. The van der Waals surface area contributed by atoms with Gasteiger partial charge in [-0.15, -0.1) is 0 Å². The van der Waals surface area contributed by atoms with Gasteiger partial charge in [-0.1, -0.05) is 0 Å². The molecule has 6 N–H and O–H groups in total. The van der Waals surface area contributed by atoms with Gasteiger partial charge in [0.2, 0.25) is 0 Å². The summed E-state index contributed by atoms with van der Waals surface area (Å²) < 4.78 is 0. The maximum atomic E-state index is 10.3. The Bertz CT molecular complexity index is 196. The van der Waals surface area contributed by atoms with E-state index < -0.39 is 12.0 Å². The highest BCUT2D eigenvalue weighted by Gasteiger charge is 2.09. The first kappa shape index (κ1) is 12.7. The standard InChI is InChI=1S/C8H18N4O2/c1-11-8(10)12-5-3-2-4-6(9)7(13)14/h6H,2-5,9H2,1H3,(H,13,14)(H3,10,11,12)/t6-/m0/s1. The van der Waals surface area contributed by atoms with Gasteiger partial charge in [-0.05, 0) is 19.3 Å². The first-order valence-electron chi connectivity index (χ1n) is 4.56. The predicted octanol–water partition coefficient (Wildman–Crippen LogP) is -0.688. The smallest absolute Gasteiger partial charge is 0.320 e. The Morgan fingerprint density at radius 3 is 2.71 bits per heavy atom. The summed E-state index contributed by atoms with van der Waals surface area (Å²) >= 11 is 0. The average Bonchev–Trinajstić information content (AvgIpc) is 2.16. The number of hydrogen-bond donors (Lipinski definition) is 5. The van der Waals surface area contributed by atoms with E-state index in [1.165, 1.54) is 0 Å². The molecule has 14 heavy (non-hydrogen) atoms. The number of guanidine groups is 1. The topological polar surface area (TPSA) is 111 Å². The molecule has 0 aromatic rings. The number of rotatable bonds is 6. The number of hydrogen-bond acceptors (Lipinski definition) is 3. The predicted molar refractivity (Wildman–Crippen MR) is 54.3 cm³/mol. The minimum Gasteiger partial charge on any atom is -0.480 e. The molecule has 0 aliphatic heterocycles. The van der Waals surface area contributed by atoms with Crippen LogP contribution >= 0.6 is 0 Å². The van der Waals surface area contributed by atoms with Gasteiger partial charge in [0.05, 0.1) is 0 Å². The van der Waals surface area contributed by atoms with E-state index in [4.69, 9.17) is 16.2 Å². The molecule has 0 aliphatic carbocycles. The lowest BCUT2D eigenvalue weighted by Gasteiger charge is -2.08. The van der Waals surface area contributed by atoms with Crippen LogP contribution in [-0.2, 0) is 4.79 Å². The van der Waals surface area contributed by atoms with E-state index in [1.807, 2.05) is 0 Å². The molecule has 0 fully saturated rings. The van der Waals surface area contributed by atoms with Crippen LogP contribution in [0.15, 0.2) is 0 Å². The van der Waals surface area contributed by atoms with Crippen molar-refractivity contribution >= 4 is 11.9 Å². The van der Waals surface area contributed by atoms with Crippen LogP contribution in [0.4, 0.5) is 0 Å². The molecule has 6 heteroatoms. The zero-order valence-corrected chi connectivity index (χ0v) is 8.34. The minimum atomic E-state index is -0.957. The third kappa shape index (κ3) is 6.24. The van der Waals surface area contributed by atoms with Gasteiger partial charge in [-0.25, -0.2) is 0 Å². The van der Waals surface area contributed by atoms with Gasteiger partial charge in [-0.3, -0.25) is 10.2 Å². The second-order valence-corrected chi connectivity index (χ2v) is 2.99. The van der Waals surface area contributed by atoms with Gasteiger partial charge < -0.3 is 21.5 Å². The van der Waals surface area contributed by atoms with Crippen LogP contribution in [0.5, 0.6) is 0 Å². The maximum absolute atomic E-state index is 10.3. The van der Waals surface area contributed by atoms with Crippen molar-refractivity contribution in [1.29, 1.82) is 5.41 Å². The molecule has 0 aromatic carbocycles. The molecule has 0 aromatic heterocycles. The van der Waals surface area contributed by atoms with E-state index >= 15 is 0 Å². The van der Waals surface area contributed by atoms with Gasteiger partial charge in [-0.2, -0.15) is 0 Å². The molecule has 0 radical (unpaired) electrons. The average molecular weight is 202 g/mol. The van der Waals surface area contributed by atoms with Crippen molar-refractivity contribution in [3.8, 4) is 0 Å². The van der Waals surface area contributed by atoms with Crippen LogP contribution in [0.25, 0.3) is 0 Å². The molecule has 0 amide bonds. The van der Waals surface area contributed by atoms with Crippen LogP contribution in [0, 0.1) is 5.41 Å². The second kappa shape index (κ2) is 7.14. The Morgan fingerprint density at radius 1 is 1.57 bits per heavy atom. The number of unbranched alkanes of at least 4 members (excludes halogenated alkanes) is 1. The number of carboxylic acid groups (broad SMARTS) is 1. The summed E-state index contributed by atoms with van der Waals surface area (Å²) in [7, 11) is 1.66. The SMILES string of the molecule is CNC(=N)NCCCC[C@H](N)C(=O)O. The van der Waals surface area contributed by atoms with Gasteiger partial charge in [0.15, 0.2) is 5.96 Å². The first-order chi connectivity index (χ1) is 6.57. The zero-order chi connectivity index (χ0) is 11.0. The molecule has 0 heterocycles. The van der Waals surface area contributed by atoms with Crippen LogP contribution < -0.4 is 16.4 Å². The number of aliphatic carboxylic acids is 1. The van der Waals surface area contributed by atoms with E-state index in [0.29, 0.717) is 13.0 Å². The minimum absolute atomic E-state index is 0.271. The Balaban J connectivity index is 3.30. The molecule has 0 saturated heterocycles. The molecular weight excluding hydrogens is 184 g/mol. The fraction of sp³-hybridized carbons (Fsp3) is 0.750. The highest BCUT2D eigenvalue weighted by Crippen LogP contribution is 1.97. The summed E-state index contributed by atoms with van der Waals surface area (Å²) in [5.41, 5.74) is 5.31. The summed E-state index contributed by atoms with van der Waals surface area (Å²) in [4.78, 5) is 10.3. The lowest BCUT2D eigenvalue weighted by atomic mass is 10.1. The molecule has 6 nitrogen and oxygen atoms in total. The van der Waals surface area contributed by atoms with E-state index in [9.17, 15) is 4.79 Å². The number of nitrogens with one attached hydrogen (secondary N) is 3. The molecule has 0 spiro atoms. The van der Waals surface area contributed by atoms with E-state index in [-0.39, 0.29) is 5.96 Å². The second-order valence-electron chi connectivity index (χ2n) is 2.99. The highest BCUT2D eigenvalue weighted by molar-refractivity contribution is 5.75. The van der Waals surface area contributed by atoms with Crippen LogP contribution in [0.2, 0.25) is 0 Å². The molecule has 0 saturated carbocycles. The van der Waals surface area contributed by atoms with Crippen LogP contribution in [-0.4, -0.2) is 36.7 Å². The van der Waals surface area contributed by atoms with Crippen molar-refractivity contribution in [3.05, 3.63) is 0 Å². The summed E-state index contributed by atoms with van der Waals surface area (Å²) in [6, 6.07) is -0.765. The summed E-state index contributed by atoms with van der Waals surface area (Å²) in [5, 5.41) is 21.1. The molecular formula is C8H18N4O2. The molecule has 82 valence electrons. The summed E-state index contributed by atoms with van der Waals surface area (Å²) in [6.07, 6.45) is 2.03. The lowest BCUT2D eigenvalue weighted by molar-refractivity contribution is -0.138. The fourth-order valence-electron chi connectivity index (χ4n) is 0.915. The lowest BCUT2D eigenvalue weighted by Crippen LogP contribution is -2.34. The third-order valence-electron chi connectivity index (χ3n) is 1.81. The number of carboxylic acids is 1. The Labute approximate surface area is 83.4 Å². The van der Waals surface area contributed by atoms with Crippen molar-refractivity contribution in [1.82, 2.24) is 10.6 Å². The first-order valence-corrected chi connectivity index (χ1v) is 4.56.